The predicted molar refractivity (Wildman–Crippen MR) is 117 cm³/mol. The van der Waals surface area contributed by atoms with Gasteiger partial charge in [-0.25, -0.2) is 18.4 Å². The quantitative estimate of drug-likeness (QED) is 0.497. The van der Waals surface area contributed by atoms with Crippen LogP contribution in [0.15, 0.2) is 54.6 Å². The van der Waals surface area contributed by atoms with Crippen LogP contribution >= 0.6 is 0 Å². The topological polar surface area (TPSA) is 87.1 Å². The summed E-state index contributed by atoms with van der Waals surface area (Å²) in [6.07, 6.45) is 0. The van der Waals surface area contributed by atoms with E-state index < -0.39 is 31.0 Å². The van der Waals surface area contributed by atoms with Crippen molar-refractivity contribution < 1.29 is 33.3 Å². The summed E-state index contributed by atoms with van der Waals surface area (Å²) < 4.78 is 32.8. The molecule has 166 valence electrons. The Labute approximate surface area is 186 Å². The highest BCUT2D eigenvalue weighted by Crippen LogP contribution is 2.41. The van der Waals surface area contributed by atoms with Gasteiger partial charge in [0.25, 0.3) is 5.92 Å². The van der Waals surface area contributed by atoms with E-state index in [0.717, 1.165) is 0 Å². The summed E-state index contributed by atoms with van der Waals surface area (Å²) in [5.74, 6) is -4.38. The molecule has 2 aliphatic rings. The second-order valence-electron chi connectivity index (χ2n) is 8.07. The van der Waals surface area contributed by atoms with E-state index in [2.05, 4.69) is 6.58 Å². The van der Waals surface area contributed by atoms with Gasteiger partial charge >= 0.3 is 11.9 Å². The van der Waals surface area contributed by atoms with E-state index in [1.54, 1.807) is 36.4 Å². The summed E-state index contributed by atoms with van der Waals surface area (Å²) in [5.41, 5.74) is 1.64. The summed E-state index contributed by atoms with van der Waals surface area (Å²) in [5, 5.41) is 20.5. The Morgan fingerprint density at radius 1 is 0.909 bits per heavy atom. The van der Waals surface area contributed by atoms with Crippen LogP contribution < -0.4 is 20.1 Å². The maximum Gasteiger partial charge on any atom is 0.336 e. The molecule has 5 rings (SSSR count). The van der Waals surface area contributed by atoms with Crippen molar-refractivity contribution in [1.29, 1.82) is 0 Å². The van der Waals surface area contributed by atoms with Crippen molar-refractivity contribution in [3.63, 3.8) is 0 Å². The molecule has 3 aromatic carbocycles. The molecule has 0 saturated carbocycles. The van der Waals surface area contributed by atoms with E-state index in [-0.39, 0.29) is 16.7 Å². The monoisotopic (exact) mass is 449 g/mol. The zero-order valence-corrected chi connectivity index (χ0v) is 17.1. The van der Waals surface area contributed by atoms with Gasteiger partial charge in [0.2, 0.25) is 0 Å². The van der Waals surface area contributed by atoms with Crippen molar-refractivity contribution in [2.45, 2.75) is 5.92 Å². The lowest BCUT2D eigenvalue weighted by Crippen LogP contribution is -2.56. The van der Waals surface area contributed by atoms with E-state index in [0.29, 0.717) is 38.8 Å². The number of alkyl halides is 2. The molecule has 33 heavy (non-hydrogen) atoms. The molecule has 8 heteroatoms. The Hall–Kier alpha value is -4.20. The molecule has 3 aromatic rings. The fraction of sp³-hybridized carbons (Fsp3) is 0.120. The molecule has 0 spiro atoms. The van der Waals surface area contributed by atoms with Crippen molar-refractivity contribution in [1.82, 2.24) is 0 Å². The van der Waals surface area contributed by atoms with Crippen molar-refractivity contribution in [3.05, 3.63) is 87.3 Å². The number of ether oxygens (including phenoxy) is 1. The minimum absolute atomic E-state index is 0.0645. The van der Waals surface area contributed by atoms with Gasteiger partial charge in [-0.15, -0.1) is 0 Å². The molecule has 0 radical (unpaired) electrons. The number of benzene rings is 3. The SMILES string of the molecule is C=c1ccc2c(c1)Oc1cc(N3CC(F)(F)C3)ccc1C=2c1cc(C(=O)O)ccc1C(=O)O. The van der Waals surface area contributed by atoms with Crippen LogP contribution in [0, 0.1) is 0 Å². The first-order valence-electron chi connectivity index (χ1n) is 10.0. The van der Waals surface area contributed by atoms with Gasteiger partial charge in [-0.05, 0) is 47.2 Å². The largest absolute Gasteiger partial charge is 0.478 e. The maximum absolute atomic E-state index is 13.4. The molecule has 0 bridgehead atoms. The molecule has 1 fully saturated rings. The van der Waals surface area contributed by atoms with Crippen LogP contribution in [-0.4, -0.2) is 41.2 Å². The average Bonchev–Trinajstić information content (AvgIpc) is 2.74. The van der Waals surface area contributed by atoms with Crippen LogP contribution in [0.25, 0.3) is 12.2 Å². The number of carboxylic acid groups (broad SMARTS) is 2. The maximum atomic E-state index is 13.4. The molecule has 2 heterocycles. The van der Waals surface area contributed by atoms with Crippen LogP contribution in [0.4, 0.5) is 14.5 Å². The summed E-state index contributed by atoms with van der Waals surface area (Å²) in [7, 11) is 0. The molecule has 0 aromatic heterocycles. The molecular formula is C25H17F2NO5. The summed E-state index contributed by atoms with van der Waals surface area (Å²) >= 11 is 0. The van der Waals surface area contributed by atoms with Gasteiger partial charge in [-0.1, -0.05) is 18.7 Å². The number of aromatic carboxylic acids is 2. The number of nitrogens with zero attached hydrogens (tertiary/aromatic N) is 1. The third-order valence-electron chi connectivity index (χ3n) is 5.75. The number of hydrogen-bond donors (Lipinski definition) is 2. The number of carboxylic acids is 2. The highest BCUT2D eigenvalue weighted by atomic mass is 19.3. The Morgan fingerprint density at radius 3 is 2.33 bits per heavy atom. The van der Waals surface area contributed by atoms with E-state index >= 15 is 0 Å². The third kappa shape index (κ3) is 3.49. The highest BCUT2D eigenvalue weighted by molar-refractivity contribution is 6.00. The van der Waals surface area contributed by atoms with E-state index in [9.17, 15) is 28.6 Å². The first-order valence-corrected chi connectivity index (χ1v) is 10.0. The minimum Gasteiger partial charge on any atom is -0.478 e. The lowest BCUT2D eigenvalue weighted by molar-refractivity contribution is -0.0262. The van der Waals surface area contributed by atoms with E-state index in [4.69, 9.17) is 4.74 Å². The fourth-order valence-corrected chi connectivity index (χ4v) is 4.18. The van der Waals surface area contributed by atoms with Gasteiger partial charge < -0.3 is 19.8 Å². The van der Waals surface area contributed by atoms with E-state index in [1.807, 2.05) is 0 Å². The predicted octanol–water partition coefficient (Wildman–Crippen LogP) is 3.30. The van der Waals surface area contributed by atoms with Crippen LogP contribution in [0.2, 0.25) is 0 Å². The first kappa shape index (κ1) is 20.7. The number of halogens is 2. The van der Waals surface area contributed by atoms with Crippen molar-refractivity contribution in [3.8, 4) is 11.5 Å². The normalized spacial score (nSPS) is 15.7. The third-order valence-corrected chi connectivity index (χ3v) is 5.75. The second-order valence-corrected chi connectivity index (χ2v) is 8.07. The van der Waals surface area contributed by atoms with Gasteiger partial charge in [-0.2, -0.15) is 0 Å². The van der Waals surface area contributed by atoms with Crippen molar-refractivity contribution in [2.75, 3.05) is 18.0 Å². The Balaban J connectivity index is 1.77. The Morgan fingerprint density at radius 2 is 1.67 bits per heavy atom. The van der Waals surface area contributed by atoms with Crippen molar-refractivity contribution in [2.24, 2.45) is 0 Å². The van der Waals surface area contributed by atoms with Gasteiger partial charge in [-0.3, -0.25) is 0 Å². The lowest BCUT2D eigenvalue weighted by atomic mass is 9.88. The van der Waals surface area contributed by atoms with Crippen molar-refractivity contribution >= 4 is 29.8 Å². The van der Waals surface area contributed by atoms with Crippen LogP contribution in [0.3, 0.4) is 0 Å². The molecule has 1 saturated heterocycles. The minimum atomic E-state index is -2.74. The highest BCUT2D eigenvalue weighted by Gasteiger charge is 2.44. The van der Waals surface area contributed by atoms with Gasteiger partial charge in [0, 0.05) is 28.1 Å². The number of hydrogen-bond acceptors (Lipinski definition) is 4. The molecule has 0 amide bonds. The molecule has 0 atom stereocenters. The molecule has 0 unspecified atom stereocenters. The summed E-state index contributed by atoms with van der Waals surface area (Å²) in [4.78, 5) is 25.1. The standard InChI is InChI=1S/C25H17F2NO5/c1-13-2-5-17-20(8-13)33-21-10-15(28-11-25(26,27)12-28)4-7-18(21)22(17)19-9-14(23(29)30)3-6-16(19)24(31)32/h2-10H,1,11-12H2,(H,29,30)(H,31,32). The average molecular weight is 449 g/mol. The van der Waals surface area contributed by atoms with Crippen LogP contribution in [-0.2, 0) is 0 Å². The lowest BCUT2D eigenvalue weighted by Gasteiger charge is -2.40. The Kier molecular flexibility index (Phi) is 4.49. The zero-order valence-electron chi connectivity index (χ0n) is 17.1. The van der Waals surface area contributed by atoms with Crippen LogP contribution in [0.5, 0.6) is 11.5 Å². The number of fused-ring (bicyclic) bond motifs is 2. The summed E-state index contributed by atoms with van der Waals surface area (Å²) in [6, 6.07) is 14.0. The van der Waals surface area contributed by atoms with Gasteiger partial charge in [0.05, 0.1) is 24.2 Å². The zero-order chi connectivity index (χ0) is 23.5. The smallest absolute Gasteiger partial charge is 0.336 e. The molecular weight excluding hydrogens is 432 g/mol. The van der Waals surface area contributed by atoms with Crippen LogP contribution in [0.1, 0.15) is 31.8 Å². The molecule has 2 N–H and O–H groups in total. The number of carbonyl (C=O) groups is 2. The number of anilines is 1. The number of rotatable bonds is 4. The molecule has 2 aliphatic heterocycles. The van der Waals surface area contributed by atoms with Gasteiger partial charge in [0.15, 0.2) is 0 Å². The summed E-state index contributed by atoms with van der Waals surface area (Å²) in [6.45, 7) is 3.10. The second kappa shape index (κ2) is 7.16. The molecule has 0 aliphatic carbocycles. The van der Waals surface area contributed by atoms with E-state index in [1.165, 1.54) is 23.1 Å². The fourth-order valence-electron chi connectivity index (χ4n) is 4.18. The van der Waals surface area contributed by atoms with Gasteiger partial charge in [0.1, 0.15) is 11.5 Å². The molecule has 6 nitrogen and oxygen atoms in total. The Bertz CT molecular complexity index is 1460. The first-order chi connectivity index (χ1) is 15.6.